The lowest BCUT2D eigenvalue weighted by atomic mass is 10.0. The Morgan fingerprint density at radius 1 is 1.17 bits per heavy atom. The maximum Gasteiger partial charge on any atom is 0.326 e. The highest BCUT2D eigenvalue weighted by molar-refractivity contribution is 5.97. The predicted molar refractivity (Wildman–Crippen MR) is 63.5 cm³/mol. The molecule has 0 saturated carbocycles. The second kappa shape index (κ2) is 5.39. The van der Waals surface area contributed by atoms with Crippen LogP contribution < -0.4 is 5.32 Å². The Morgan fingerprint density at radius 3 is 2.22 bits per heavy atom. The van der Waals surface area contributed by atoms with Gasteiger partial charge in [-0.25, -0.2) is 4.79 Å². The molecule has 0 bridgehead atoms. The fourth-order valence-corrected chi connectivity index (χ4v) is 1.40. The molecule has 6 heteroatoms. The Balaban J connectivity index is 2.87. The number of hydrogen-bond acceptors (Lipinski definition) is 4. The summed E-state index contributed by atoms with van der Waals surface area (Å²) in [6.07, 6.45) is 0. The minimum absolute atomic E-state index is 0.0807. The van der Waals surface area contributed by atoms with Crippen molar-refractivity contribution in [2.75, 3.05) is 0 Å². The number of carboxylic acids is 1. The van der Waals surface area contributed by atoms with Gasteiger partial charge in [-0.05, 0) is 24.1 Å². The molecule has 0 aliphatic rings. The van der Waals surface area contributed by atoms with E-state index in [4.69, 9.17) is 10.2 Å². The number of benzene rings is 1. The quantitative estimate of drug-likeness (QED) is 0.597. The molecule has 1 atom stereocenters. The molecule has 0 heterocycles. The molecule has 0 unspecified atom stereocenters. The number of carboxylic acid groups (broad SMARTS) is 1. The van der Waals surface area contributed by atoms with Crippen molar-refractivity contribution in [1.82, 2.24) is 5.32 Å². The summed E-state index contributed by atoms with van der Waals surface area (Å²) in [5, 5.41) is 29.6. The first-order chi connectivity index (χ1) is 8.32. The smallest absolute Gasteiger partial charge is 0.326 e. The molecule has 1 aromatic carbocycles. The van der Waals surface area contributed by atoms with Gasteiger partial charge in [0.2, 0.25) is 0 Å². The number of phenolic OH excluding ortho intramolecular Hbond substituents is 2. The van der Waals surface area contributed by atoms with Crippen LogP contribution in [0.5, 0.6) is 11.5 Å². The van der Waals surface area contributed by atoms with Crippen molar-refractivity contribution in [3.63, 3.8) is 0 Å². The zero-order chi connectivity index (χ0) is 13.9. The van der Waals surface area contributed by atoms with Crippen LogP contribution >= 0.6 is 0 Å². The second-order valence-corrected chi connectivity index (χ2v) is 4.24. The summed E-state index contributed by atoms with van der Waals surface area (Å²) in [5.74, 6) is -2.78. The van der Waals surface area contributed by atoms with Crippen molar-refractivity contribution in [2.45, 2.75) is 19.9 Å². The normalized spacial score (nSPS) is 12.2. The maximum atomic E-state index is 11.8. The number of phenols is 2. The number of rotatable bonds is 4. The SMILES string of the molecule is CC(C)[C@@H](NC(=O)c1ccc(O)c(O)c1)C(=O)O. The molecule has 1 aromatic rings. The molecule has 0 aromatic heterocycles. The topological polar surface area (TPSA) is 107 Å². The first-order valence-electron chi connectivity index (χ1n) is 5.38. The van der Waals surface area contributed by atoms with Gasteiger partial charge in [-0.1, -0.05) is 13.8 Å². The van der Waals surface area contributed by atoms with Gasteiger partial charge >= 0.3 is 5.97 Å². The molecule has 1 amide bonds. The molecule has 0 aliphatic heterocycles. The third-order valence-corrected chi connectivity index (χ3v) is 2.46. The molecule has 0 spiro atoms. The minimum atomic E-state index is -1.12. The molecule has 6 nitrogen and oxygen atoms in total. The van der Waals surface area contributed by atoms with Gasteiger partial charge in [0, 0.05) is 5.56 Å². The summed E-state index contributed by atoms with van der Waals surface area (Å²) in [4.78, 5) is 22.7. The van der Waals surface area contributed by atoms with Gasteiger partial charge in [0.25, 0.3) is 5.91 Å². The molecule has 0 saturated heterocycles. The third kappa shape index (κ3) is 3.13. The van der Waals surface area contributed by atoms with E-state index in [1.165, 1.54) is 6.07 Å². The van der Waals surface area contributed by atoms with Crippen LogP contribution in [-0.4, -0.2) is 33.2 Å². The van der Waals surface area contributed by atoms with E-state index in [1.807, 2.05) is 0 Å². The van der Waals surface area contributed by atoms with Crippen LogP contribution in [0.4, 0.5) is 0 Å². The Labute approximate surface area is 104 Å². The lowest BCUT2D eigenvalue weighted by Gasteiger charge is -2.17. The van der Waals surface area contributed by atoms with Gasteiger partial charge in [-0.3, -0.25) is 4.79 Å². The lowest BCUT2D eigenvalue weighted by molar-refractivity contribution is -0.140. The summed E-state index contributed by atoms with van der Waals surface area (Å²) in [6.45, 7) is 3.35. The molecule has 4 N–H and O–H groups in total. The van der Waals surface area contributed by atoms with Gasteiger partial charge in [0.1, 0.15) is 6.04 Å². The Hall–Kier alpha value is -2.24. The molecule has 18 heavy (non-hydrogen) atoms. The molecule has 1 rings (SSSR count). The highest BCUT2D eigenvalue weighted by atomic mass is 16.4. The van der Waals surface area contributed by atoms with Crippen LogP contribution in [0.25, 0.3) is 0 Å². The van der Waals surface area contributed by atoms with Gasteiger partial charge in [-0.2, -0.15) is 0 Å². The fourth-order valence-electron chi connectivity index (χ4n) is 1.40. The number of amides is 1. The summed E-state index contributed by atoms with van der Waals surface area (Å²) < 4.78 is 0. The lowest BCUT2D eigenvalue weighted by Crippen LogP contribution is -2.44. The standard InChI is InChI=1S/C12H15NO5/c1-6(2)10(12(17)18)13-11(16)7-3-4-8(14)9(15)5-7/h3-6,10,14-15H,1-2H3,(H,13,16)(H,17,18)/t10-/m1/s1. The van der Waals surface area contributed by atoms with E-state index in [0.29, 0.717) is 0 Å². The van der Waals surface area contributed by atoms with Crippen molar-refractivity contribution < 1.29 is 24.9 Å². The van der Waals surface area contributed by atoms with Crippen LogP contribution in [0.2, 0.25) is 0 Å². The maximum absolute atomic E-state index is 11.8. The van der Waals surface area contributed by atoms with Crippen LogP contribution in [0.1, 0.15) is 24.2 Å². The van der Waals surface area contributed by atoms with Crippen molar-refractivity contribution in [3.05, 3.63) is 23.8 Å². The van der Waals surface area contributed by atoms with Gasteiger partial charge in [-0.15, -0.1) is 0 Å². The van der Waals surface area contributed by atoms with Gasteiger partial charge < -0.3 is 20.6 Å². The van der Waals surface area contributed by atoms with E-state index in [9.17, 15) is 14.7 Å². The van der Waals surface area contributed by atoms with E-state index in [2.05, 4.69) is 5.32 Å². The zero-order valence-corrected chi connectivity index (χ0v) is 10.0. The second-order valence-electron chi connectivity index (χ2n) is 4.24. The fraction of sp³-hybridized carbons (Fsp3) is 0.333. The van der Waals surface area contributed by atoms with E-state index in [-0.39, 0.29) is 17.2 Å². The summed E-state index contributed by atoms with van der Waals surface area (Å²) >= 11 is 0. The molecular formula is C12H15NO5. The zero-order valence-electron chi connectivity index (χ0n) is 10.0. The molecule has 0 fully saturated rings. The Bertz CT molecular complexity index is 470. The van der Waals surface area contributed by atoms with E-state index < -0.39 is 23.7 Å². The summed E-state index contributed by atoms with van der Waals surface area (Å²) in [7, 11) is 0. The van der Waals surface area contributed by atoms with Gasteiger partial charge in [0.15, 0.2) is 11.5 Å². The number of carbonyl (C=O) groups excluding carboxylic acids is 1. The van der Waals surface area contributed by atoms with Crippen LogP contribution in [0, 0.1) is 5.92 Å². The third-order valence-electron chi connectivity index (χ3n) is 2.46. The molecular weight excluding hydrogens is 238 g/mol. The van der Waals surface area contributed by atoms with Crippen molar-refractivity contribution in [2.24, 2.45) is 5.92 Å². The molecule has 98 valence electrons. The minimum Gasteiger partial charge on any atom is -0.504 e. The summed E-state index contributed by atoms with van der Waals surface area (Å²) in [5.41, 5.74) is 0.0807. The van der Waals surface area contributed by atoms with Crippen molar-refractivity contribution in [1.29, 1.82) is 0 Å². The monoisotopic (exact) mass is 253 g/mol. The van der Waals surface area contributed by atoms with Crippen LogP contribution in [-0.2, 0) is 4.79 Å². The highest BCUT2D eigenvalue weighted by Gasteiger charge is 2.24. The number of aliphatic carboxylic acids is 1. The largest absolute Gasteiger partial charge is 0.504 e. The first-order valence-corrected chi connectivity index (χ1v) is 5.38. The van der Waals surface area contributed by atoms with Crippen LogP contribution in [0.3, 0.4) is 0 Å². The number of hydrogen-bond donors (Lipinski definition) is 4. The van der Waals surface area contributed by atoms with Gasteiger partial charge in [0.05, 0.1) is 0 Å². The average Bonchev–Trinajstić information content (AvgIpc) is 2.28. The number of nitrogens with one attached hydrogen (secondary N) is 1. The number of aromatic hydroxyl groups is 2. The van der Waals surface area contributed by atoms with Crippen LogP contribution in [0.15, 0.2) is 18.2 Å². The predicted octanol–water partition coefficient (Wildman–Crippen LogP) is 0.937. The van der Waals surface area contributed by atoms with Crippen molar-refractivity contribution >= 4 is 11.9 Å². The first kappa shape index (κ1) is 13.8. The average molecular weight is 253 g/mol. The highest BCUT2D eigenvalue weighted by Crippen LogP contribution is 2.24. The number of carbonyl (C=O) groups is 2. The molecule has 0 radical (unpaired) electrons. The summed E-state index contributed by atoms with van der Waals surface area (Å²) in [6, 6.07) is 2.52. The van der Waals surface area contributed by atoms with E-state index in [0.717, 1.165) is 12.1 Å². The van der Waals surface area contributed by atoms with E-state index >= 15 is 0 Å². The Morgan fingerprint density at radius 2 is 1.78 bits per heavy atom. The molecule has 0 aliphatic carbocycles. The Kier molecular flexibility index (Phi) is 4.14. The van der Waals surface area contributed by atoms with Crippen molar-refractivity contribution in [3.8, 4) is 11.5 Å². The van der Waals surface area contributed by atoms with E-state index in [1.54, 1.807) is 13.8 Å².